The number of rotatable bonds is 5. The van der Waals surface area contributed by atoms with Crippen LogP contribution in [-0.2, 0) is 14.6 Å². The Kier molecular flexibility index (Phi) is 7.35. The van der Waals surface area contributed by atoms with E-state index in [1.807, 2.05) is 44.2 Å². The van der Waals surface area contributed by atoms with Gasteiger partial charge in [-0.2, -0.15) is 0 Å². The molecule has 1 saturated heterocycles. The van der Waals surface area contributed by atoms with E-state index >= 15 is 0 Å². The van der Waals surface area contributed by atoms with Crippen molar-refractivity contribution in [1.29, 1.82) is 0 Å². The number of fused-ring (bicyclic) bond motifs is 1. The highest BCUT2D eigenvalue weighted by atomic mass is 32.2. The molecule has 2 N–H and O–H groups in total. The highest BCUT2D eigenvalue weighted by molar-refractivity contribution is 7.91. The van der Waals surface area contributed by atoms with Gasteiger partial charge in [0.1, 0.15) is 0 Å². The van der Waals surface area contributed by atoms with Crippen LogP contribution in [0.15, 0.2) is 41.0 Å². The van der Waals surface area contributed by atoms with Gasteiger partial charge in [0, 0.05) is 18.8 Å². The van der Waals surface area contributed by atoms with E-state index in [9.17, 15) is 8.42 Å². The van der Waals surface area contributed by atoms with Gasteiger partial charge in [-0.3, -0.25) is 4.99 Å². The lowest BCUT2D eigenvalue weighted by Gasteiger charge is -2.18. The summed E-state index contributed by atoms with van der Waals surface area (Å²) < 4.78 is 30.3. The lowest BCUT2D eigenvalue weighted by Crippen LogP contribution is -2.41. The van der Waals surface area contributed by atoms with Gasteiger partial charge >= 0.3 is 0 Å². The number of ether oxygens (including phenoxy) is 1. The summed E-state index contributed by atoms with van der Waals surface area (Å²) in [5.41, 5.74) is 6.81. The van der Waals surface area contributed by atoms with Gasteiger partial charge in [0.15, 0.2) is 9.84 Å². The van der Waals surface area contributed by atoms with Crippen molar-refractivity contribution in [1.82, 2.24) is 0 Å². The molecule has 0 radical (unpaired) electrons. The van der Waals surface area contributed by atoms with Crippen molar-refractivity contribution < 1.29 is 13.2 Å². The van der Waals surface area contributed by atoms with Crippen molar-refractivity contribution in [2.24, 2.45) is 10.7 Å². The van der Waals surface area contributed by atoms with Gasteiger partial charge in [0.2, 0.25) is 0 Å². The van der Waals surface area contributed by atoms with E-state index < -0.39 is 15.9 Å². The van der Waals surface area contributed by atoms with Crippen molar-refractivity contribution in [3.05, 3.63) is 46.6 Å². The molecular weight excluding hydrogens is 336 g/mol. The smallest absolute Gasteiger partial charge is 0.155 e. The Morgan fingerprint density at radius 3 is 2.80 bits per heavy atom. The maximum absolute atomic E-state index is 12.4. The van der Waals surface area contributed by atoms with E-state index in [0.717, 1.165) is 29.0 Å². The van der Waals surface area contributed by atoms with Crippen LogP contribution in [0.2, 0.25) is 0 Å². The van der Waals surface area contributed by atoms with Crippen LogP contribution in [0.5, 0.6) is 0 Å². The minimum Gasteiger partial charge on any atom is -0.377 e. The van der Waals surface area contributed by atoms with E-state index in [4.69, 9.17) is 10.5 Å². The van der Waals surface area contributed by atoms with Crippen LogP contribution in [0.3, 0.4) is 0 Å². The molecule has 0 spiro atoms. The Morgan fingerprint density at radius 2 is 2.08 bits per heavy atom. The van der Waals surface area contributed by atoms with Crippen LogP contribution in [0.25, 0.3) is 6.08 Å². The normalized spacial score (nSPS) is 20.8. The molecule has 2 atom stereocenters. The van der Waals surface area contributed by atoms with Gasteiger partial charge in [-0.25, -0.2) is 8.42 Å². The summed E-state index contributed by atoms with van der Waals surface area (Å²) in [4.78, 5) is 4.40. The van der Waals surface area contributed by atoms with Gasteiger partial charge < -0.3 is 10.5 Å². The standard InChI is InChI=1S/C17H22N2O3S.C2H6/c18-15(17-6-3-9-22-17)12-23(20,21)11-13-7-8-14-4-1-2-5-16(14)19-10-13;1-2/h1-2,4-5,8,10,15,17H,3,6-7,9,11-12,18H2;1-2H3/t15-,17?;/m1./s1. The fraction of sp³-hybridized carbons (Fsp3) is 0.526. The van der Waals surface area contributed by atoms with Crippen molar-refractivity contribution >= 4 is 15.9 Å². The summed E-state index contributed by atoms with van der Waals surface area (Å²) in [5, 5.41) is 1.91. The molecular formula is C19H28N2O3S. The first-order valence-corrected chi connectivity index (χ1v) is 10.7. The molecule has 25 heavy (non-hydrogen) atoms. The number of hydrogen-bond acceptors (Lipinski definition) is 5. The summed E-state index contributed by atoms with van der Waals surface area (Å²) in [6.45, 7) is 4.68. The average molecular weight is 365 g/mol. The second-order valence-electron chi connectivity index (χ2n) is 6.15. The number of hydrogen-bond donors (Lipinski definition) is 1. The molecule has 6 heteroatoms. The van der Waals surface area contributed by atoms with Crippen LogP contribution in [0.4, 0.5) is 0 Å². The predicted molar refractivity (Wildman–Crippen MR) is 101 cm³/mol. The topological polar surface area (TPSA) is 81.8 Å². The average Bonchev–Trinajstić information content (AvgIpc) is 3.07. The summed E-state index contributed by atoms with van der Waals surface area (Å²) in [6.07, 6.45) is 5.96. The minimum absolute atomic E-state index is 0.00140. The number of para-hydroxylation sites is 1. The third kappa shape index (κ3) is 5.76. The first-order valence-electron chi connectivity index (χ1n) is 8.92. The largest absolute Gasteiger partial charge is 0.377 e. The van der Waals surface area contributed by atoms with E-state index in [1.165, 1.54) is 0 Å². The lowest BCUT2D eigenvalue weighted by molar-refractivity contribution is 0.0954. The summed E-state index contributed by atoms with van der Waals surface area (Å²) in [7, 11) is -3.27. The van der Waals surface area contributed by atoms with Crippen LogP contribution in [-0.4, -0.2) is 38.7 Å². The van der Waals surface area contributed by atoms with Gasteiger partial charge in [-0.05, 0) is 36.1 Å². The molecule has 2 heterocycles. The number of nitrogens with zero attached hydrogens (tertiary/aromatic N) is 1. The number of benzene rings is 1. The SMILES string of the molecule is CC.N[C@H](CS(=O)(=O)CC1=CN=c2ccccc2=CC1)C1CCCO1. The zero-order chi connectivity index (χ0) is 18.3. The zero-order valence-electron chi connectivity index (χ0n) is 15.0. The highest BCUT2D eigenvalue weighted by Crippen LogP contribution is 2.17. The van der Waals surface area contributed by atoms with Crippen molar-refractivity contribution in [3.8, 4) is 0 Å². The molecule has 1 unspecified atom stereocenters. The summed E-state index contributed by atoms with van der Waals surface area (Å²) in [5.74, 6) is -0.0383. The van der Waals surface area contributed by atoms with E-state index in [0.29, 0.717) is 13.0 Å². The Bertz CT molecular complexity index is 809. The molecule has 2 aliphatic rings. The molecule has 0 aliphatic carbocycles. The van der Waals surface area contributed by atoms with Gasteiger partial charge in [0.25, 0.3) is 0 Å². The minimum atomic E-state index is -3.27. The Balaban J connectivity index is 0.00000109. The quantitative estimate of drug-likeness (QED) is 0.854. The fourth-order valence-electron chi connectivity index (χ4n) is 3.01. The maximum Gasteiger partial charge on any atom is 0.155 e. The second-order valence-corrected chi connectivity index (χ2v) is 8.26. The molecule has 0 bridgehead atoms. The lowest BCUT2D eigenvalue weighted by atomic mass is 10.1. The van der Waals surface area contributed by atoms with E-state index in [-0.39, 0.29) is 17.6 Å². The molecule has 0 saturated carbocycles. The Labute approximate surface area is 150 Å². The maximum atomic E-state index is 12.4. The number of sulfone groups is 1. The second kappa shape index (κ2) is 9.27. The molecule has 0 aromatic heterocycles. The van der Waals surface area contributed by atoms with Crippen molar-refractivity contribution in [2.45, 2.75) is 45.3 Å². The Morgan fingerprint density at radius 1 is 1.32 bits per heavy atom. The fourth-order valence-corrected chi connectivity index (χ4v) is 4.69. The molecule has 0 amide bonds. The van der Waals surface area contributed by atoms with E-state index in [1.54, 1.807) is 6.20 Å². The van der Waals surface area contributed by atoms with Crippen LogP contribution < -0.4 is 16.3 Å². The summed E-state index contributed by atoms with van der Waals surface area (Å²) >= 11 is 0. The van der Waals surface area contributed by atoms with Gasteiger partial charge in [-0.15, -0.1) is 0 Å². The first kappa shape index (κ1) is 19.8. The molecule has 2 aliphatic heterocycles. The number of nitrogens with two attached hydrogens (primary N) is 1. The van der Waals surface area contributed by atoms with Gasteiger partial charge in [0.05, 0.1) is 23.0 Å². The third-order valence-electron chi connectivity index (χ3n) is 4.20. The molecule has 3 rings (SSSR count). The molecule has 1 aromatic rings. The van der Waals surface area contributed by atoms with Crippen LogP contribution in [0.1, 0.15) is 33.1 Å². The van der Waals surface area contributed by atoms with Crippen LogP contribution in [0, 0.1) is 0 Å². The first-order chi connectivity index (χ1) is 12.0. The third-order valence-corrected chi connectivity index (χ3v) is 5.90. The molecule has 5 nitrogen and oxygen atoms in total. The monoisotopic (exact) mass is 364 g/mol. The van der Waals surface area contributed by atoms with Crippen molar-refractivity contribution in [3.63, 3.8) is 0 Å². The van der Waals surface area contributed by atoms with Gasteiger partial charge in [-0.1, -0.05) is 38.1 Å². The Hall–Kier alpha value is -1.50. The molecule has 138 valence electrons. The molecule has 1 aromatic carbocycles. The van der Waals surface area contributed by atoms with E-state index in [2.05, 4.69) is 4.99 Å². The highest BCUT2D eigenvalue weighted by Gasteiger charge is 2.27. The van der Waals surface area contributed by atoms with Crippen LogP contribution >= 0.6 is 0 Å². The van der Waals surface area contributed by atoms with Crippen molar-refractivity contribution in [2.75, 3.05) is 18.1 Å². The molecule has 1 fully saturated rings. The predicted octanol–water partition coefficient (Wildman–Crippen LogP) is 1.32. The zero-order valence-corrected chi connectivity index (χ0v) is 15.8. The summed E-state index contributed by atoms with van der Waals surface area (Å²) in [6, 6.07) is 7.33.